The van der Waals surface area contributed by atoms with Crippen molar-refractivity contribution in [3.05, 3.63) is 48.2 Å². The molecule has 0 N–H and O–H groups in total. The van der Waals surface area contributed by atoms with Gasteiger partial charge in [0.25, 0.3) is 0 Å². The molecule has 0 atom stereocenters. The fourth-order valence-electron chi connectivity index (χ4n) is 4.77. The van der Waals surface area contributed by atoms with E-state index in [1.165, 1.54) is 31.9 Å². The smallest absolute Gasteiger partial charge is 0.175 e. The molecule has 2 aromatic rings. The van der Waals surface area contributed by atoms with E-state index in [1.54, 1.807) is 18.3 Å². The van der Waals surface area contributed by atoms with E-state index >= 15 is 0 Å². The summed E-state index contributed by atoms with van der Waals surface area (Å²) < 4.78 is 23.3. The van der Waals surface area contributed by atoms with Gasteiger partial charge in [-0.1, -0.05) is 0 Å². The third kappa shape index (κ3) is 4.59. The Bertz CT molecular complexity index is 997. The zero-order chi connectivity index (χ0) is 21.1. The fourth-order valence-corrected chi connectivity index (χ4v) is 5.40. The Morgan fingerprint density at radius 2 is 1.47 bits per heavy atom. The Morgan fingerprint density at radius 1 is 0.900 bits per heavy atom. The van der Waals surface area contributed by atoms with Crippen LogP contribution in [-0.4, -0.2) is 45.8 Å². The molecule has 4 rings (SSSR count). The van der Waals surface area contributed by atoms with Crippen LogP contribution in [0.15, 0.2) is 47.5 Å². The van der Waals surface area contributed by atoms with Crippen molar-refractivity contribution in [1.82, 2.24) is 4.98 Å². The number of hydrogen-bond donors (Lipinski definition) is 0. The second-order valence-corrected chi connectivity index (χ2v) is 10.4. The fraction of sp³-hybridized carbons (Fsp3) is 0.478. The number of anilines is 2. The van der Waals surface area contributed by atoms with Crippen molar-refractivity contribution in [2.45, 2.75) is 30.6 Å². The van der Waals surface area contributed by atoms with Gasteiger partial charge >= 0.3 is 0 Å². The minimum absolute atomic E-state index is 0.379. The third-order valence-electron chi connectivity index (χ3n) is 6.58. The number of hydrogen-bond acceptors (Lipinski definition) is 6. The Labute approximate surface area is 179 Å². The SMILES string of the molecule is CS(=O)(=O)c1ccc(N2CCC(C3CCN(c4ccc(C#N)cn4)CC3)CC2)cc1. The Balaban J connectivity index is 1.28. The van der Waals surface area contributed by atoms with Gasteiger partial charge < -0.3 is 9.80 Å². The highest BCUT2D eigenvalue weighted by Gasteiger charge is 2.30. The van der Waals surface area contributed by atoms with Crippen LogP contribution < -0.4 is 9.80 Å². The first-order valence-corrected chi connectivity index (χ1v) is 12.5. The van der Waals surface area contributed by atoms with Gasteiger partial charge in [0.05, 0.1) is 10.5 Å². The highest BCUT2D eigenvalue weighted by molar-refractivity contribution is 7.90. The number of nitriles is 1. The van der Waals surface area contributed by atoms with Gasteiger partial charge in [0.1, 0.15) is 11.9 Å². The molecule has 0 saturated carbocycles. The van der Waals surface area contributed by atoms with Crippen molar-refractivity contribution in [3.8, 4) is 6.07 Å². The summed E-state index contributed by atoms with van der Waals surface area (Å²) in [5.74, 6) is 2.49. The number of benzene rings is 1. The van der Waals surface area contributed by atoms with E-state index in [0.29, 0.717) is 10.5 Å². The molecule has 0 bridgehead atoms. The van der Waals surface area contributed by atoms with E-state index in [4.69, 9.17) is 5.26 Å². The summed E-state index contributed by atoms with van der Waals surface area (Å²) >= 11 is 0. The molecule has 7 heteroatoms. The van der Waals surface area contributed by atoms with Crippen molar-refractivity contribution in [3.63, 3.8) is 0 Å². The number of rotatable bonds is 4. The van der Waals surface area contributed by atoms with E-state index in [9.17, 15) is 8.42 Å². The molecule has 0 amide bonds. The molecule has 6 nitrogen and oxygen atoms in total. The average Bonchev–Trinajstić information content (AvgIpc) is 2.79. The van der Waals surface area contributed by atoms with Gasteiger partial charge in [-0.3, -0.25) is 0 Å². The summed E-state index contributed by atoms with van der Waals surface area (Å²) in [6.45, 7) is 4.11. The van der Waals surface area contributed by atoms with Gasteiger partial charge in [-0.25, -0.2) is 13.4 Å². The summed E-state index contributed by atoms with van der Waals surface area (Å²) in [4.78, 5) is 9.52. The number of piperidine rings is 2. The maximum Gasteiger partial charge on any atom is 0.175 e. The lowest BCUT2D eigenvalue weighted by Gasteiger charge is -2.41. The zero-order valence-electron chi connectivity index (χ0n) is 17.4. The maximum absolute atomic E-state index is 11.6. The van der Waals surface area contributed by atoms with Crippen LogP contribution in [0.5, 0.6) is 0 Å². The van der Waals surface area contributed by atoms with Crippen LogP contribution in [0, 0.1) is 23.2 Å². The van der Waals surface area contributed by atoms with E-state index in [2.05, 4.69) is 20.9 Å². The zero-order valence-corrected chi connectivity index (χ0v) is 18.2. The molecule has 2 saturated heterocycles. The van der Waals surface area contributed by atoms with E-state index in [0.717, 1.165) is 49.5 Å². The molecule has 3 heterocycles. The summed E-state index contributed by atoms with van der Waals surface area (Å²) in [7, 11) is -3.14. The molecule has 2 aliphatic rings. The topological polar surface area (TPSA) is 77.3 Å². The Hall–Kier alpha value is -2.59. The Kier molecular flexibility index (Phi) is 5.96. The molecule has 30 heavy (non-hydrogen) atoms. The number of nitrogens with zero attached hydrogens (tertiary/aromatic N) is 4. The summed E-state index contributed by atoms with van der Waals surface area (Å²) in [5, 5.41) is 8.92. The van der Waals surface area contributed by atoms with Crippen molar-refractivity contribution >= 4 is 21.3 Å². The van der Waals surface area contributed by atoms with Crippen LogP contribution in [0.4, 0.5) is 11.5 Å². The molecule has 1 aromatic carbocycles. The average molecular weight is 425 g/mol. The van der Waals surface area contributed by atoms with E-state index < -0.39 is 9.84 Å². The van der Waals surface area contributed by atoms with Gasteiger partial charge in [0, 0.05) is 44.3 Å². The normalized spacial score (nSPS) is 18.9. The van der Waals surface area contributed by atoms with Crippen molar-refractivity contribution in [2.75, 3.05) is 42.2 Å². The summed E-state index contributed by atoms with van der Waals surface area (Å²) in [6.07, 6.45) is 7.65. The van der Waals surface area contributed by atoms with Gasteiger partial charge in [-0.15, -0.1) is 0 Å². The van der Waals surface area contributed by atoms with E-state index in [1.807, 2.05) is 24.3 Å². The Morgan fingerprint density at radius 3 is 1.93 bits per heavy atom. The van der Waals surface area contributed by atoms with Crippen molar-refractivity contribution < 1.29 is 8.42 Å². The molecule has 158 valence electrons. The molecule has 0 aliphatic carbocycles. The van der Waals surface area contributed by atoms with Crippen molar-refractivity contribution in [2.24, 2.45) is 11.8 Å². The molecule has 0 unspecified atom stereocenters. The predicted molar refractivity (Wildman–Crippen MR) is 118 cm³/mol. The third-order valence-corrected chi connectivity index (χ3v) is 7.71. The molecule has 0 radical (unpaired) electrons. The number of pyridine rings is 1. The molecular weight excluding hydrogens is 396 g/mol. The van der Waals surface area contributed by atoms with Crippen LogP contribution in [-0.2, 0) is 9.84 Å². The highest BCUT2D eigenvalue weighted by atomic mass is 32.2. The number of aromatic nitrogens is 1. The van der Waals surface area contributed by atoms with E-state index in [-0.39, 0.29) is 0 Å². The molecular formula is C23H28N4O2S. The molecule has 1 aromatic heterocycles. The molecule has 0 spiro atoms. The van der Waals surface area contributed by atoms with Gasteiger partial charge in [-0.05, 0) is 73.9 Å². The maximum atomic E-state index is 11.6. The summed E-state index contributed by atoms with van der Waals surface area (Å²) in [6, 6.07) is 13.2. The molecule has 2 aliphatic heterocycles. The van der Waals surface area contributed by atoms with Gasteiger partial charge in [0.2, 0.25) is 0 Å². The minimum Gasteiger partial charge on any atom is -0.372 e. The van der Waals surface area contributed by atoms with Crippen LogP contribution in [0.3, 0.4) is 0 Å². The second kappa shape index (κ2) is 8.65. The van der Waals surface area contributed by atoms with Gasteiger partial charge in [0.15, 0.2) is 9.84 Å². The van der Waals surface area contributed by atoms with Crippen LogP contribution in [0.25, 0.3) is 0 Å². The summed E-state index contributed by atoms with van der Waals surface area (Å²) in [5.41, 5.74) is 1.72. The van der Waals surface area contributed by atoms with Crippen LogP contribution in [0.1, 0.15) is 31.2 Å². The largest absolute Gasteiger partial charge is 0.372 e. The lowest BCUT2D eigenvalue weighted by atomic mass is 9.78. The standard InChI is InChI=1S/C23H28N4O2S/c1-30(28,29)22-5-3-21(4-6-22)26-12-8-19(9-13-26)20-10-14-27(15-11-20)23-7-2-18(16-24)17-25-23/h2-7,17,19-20H,8-15H2,1H3. The lowest BCUT2D eigenvalue weighted by molar-refractivity contribution is 0.233. The first-order chi connectivity index (χ1) is 14.4. The van der Waals surface area contributed by atoms with Crippen LogP contribution in [0.2, 0.25) is 0 Å². The highest BCUT2D eigenvalue weighted by Crippen LogP contribution is 2.34. The van der Waals surface area contributed by atoms with Gasteiger partial charge in [-0.2, -0.15) is 5.26 Å². The first kappa shape index (κ1) is 20.7. The van der Waals surface area contributed by atoms with Crippen molar-refractivity contribution in [1.29, 1.82) is 5.26 Å². The minimum atomic E-state index is -3.14. The molecule has 2 fully saturated rings. The first-order valence-electron chi connectivity index (χ1n) is 10.6. The van der Waals surface area contributed by atoms with Crippen LogP contribution >= 0.6 is 0 Å². The second-order valence-electron chi connectivity index (χ2n) is 8.43. The lowest BCUT2D eigenvalue weighted by Crippen LogP contribution is -2.41. The monoisotopic (exact) mass is 424 g/mol. The quantitative estimate of drug-likeness (QED) is 0.748. The predicted octanol–water partition coefficient (Wildman–Crippen LogP) is 3.49. The number of sulfone groups is 1.